The lowest BCUT2D eigenvalue weighted by Crippen LogP contribution is -2.58. The molecule has 0 radical (unpaired) electrons. The molecular formula is C28H32Cl2N8O. The van der Waals surface area contributed by atoms with Crippen molar-refractivity contribution in [3.63, 3.8) is 0 Å². The average molecular weight is 568 g/mol. The summed E-state index contributed by atoms with van der Waals surface area (Å²) in [6, 6.07) is 8.94. The molecular weight excluding hydrogens is 535 g/mol. The number of hydrogen-bond donors (Lipinski definition) is 1. The Morgan fingerprint density at radius 2 is 1.92 bits per heavy atom. The van der Waals surface area contributed by atoms with Crippen molar-refractivity contribution in [2.75, 3.05) is 37.6 Å². The Morgan fingerprint density at radius 3 is 2.64 bits per heavy atom. The summed E-state index contributed by atoms with van der Waals surface area (Å²) in [6.07, 6.45) is 10.1. The number of halogens is 2. The molecule has 204 valence electrons. The van der Waals surface area contributed by atoms with Crippen LogP contribution in [0, 0.1) is 0 Å². The summed E-state index contributed by atoms with van der Waals surface area (Å²) in [4.78, 5) is 24.0. The van der Waals surface area contributed by atoms with E-state index in [0.29, 0.717) is 28.0 Å². The van der Waals surface area contributed by atoms with Gasteiger partial charge >= 0.3 is 0 Å². The Hall–Kier alpha value is -2.98. The van der Waals surface area contributed by atoms with Gasteiger partial charge in [0.05, 0.1) is 5.02 Å². The van der Waals surface area contributed by atoms with Gasteiger partial charge in [-0.05, 0) is 56.1 Å². The number of aromatic amines is 1. The van der Waals surface area contributed by atoms with E-state index >= 15 is 0 Å². The lowest BCUT2D eigenvalue weighted by Gasteiger charge is -2.47. The summed E-state index contributed by atoms with van der Waals surface area (Å²) in [5, 5.41) is 5.37. The molecule has 39 heavy (non-hydrogen) atoms. The molecule has 1 atom stereocenters. The third-order valence-electron chi connectivity index (χ3n) is 7.99. The number of imidazole rings is 1. The van der Waals surface area contributed by atoms with Gasteiger partial charge in [-0.2, -0.15) is 4.98 Å². The predicted molar refractivity (Wildman–Crippen MR) is 153 cm³/mol. The van der Waals surface area contributed by atoms with E-state index in [9.17, 15) is 0 Å². The highest BCUT2D eigenvalue weighted by atomic mass is 35.5. The highest BCUT2D eigenvalue weighted by Crippen LogP contribution is 2.32. The molecule has 11 heteroatoms. The van der Waals surface area contributed by atoms with Crippen molar-refractivity contribution in [1.29, 1.82) is 0 Å². The van der Waals surface area contributed by atoms with Crippen molar-refractivity contribution in [1.82, 2.24) is 34.9 Å². The molecule has 1 aromatic carbocycles. The number of nitrogens with zero attached hydrogens (tertiary/aromatic N) is 7. The number of nitrogens with one attached hydrogen (secondary N) is 1. The molecule has 0 amide bonds. The third-order valence-corrected chi connectivity index (χ3v) is 8.50. The summed E-state index contributed by atoms with van der Waals surface area (Å²) >= 11 is 13.0. The Labute approximate surface area is 238 Å². The number of aromatic nitrogens is 5. The fraction of sp³-hybridized carbons (Fsp3) is 0.429. The van der Waals surface area contributed by atoms with Crippen molar-refractivity contribution >= 4 is 29.0 Å². The maximum Gasteiger partial charge on any atom is 0.214 e. The van der Waals surface area contributed by atoms with Gasteiger partial charge in [0.1, 0.15) is 11.6 Å². The minimum absolute atomic E-state index is 0.471. The monoisotopic (exact) mass is 566 g/mol. The van der Waals surface area contributed by atoms with E-state index in [4.69, 9.17) is 32.7 Å². The summed E-state index contributed by atoms with van der Waals surface area (Å²) in [5.74, 6) is 2.22. The first kappa shape index (κ1) is 26.3. The number of H-pyrrole nitrogens is 1. The normalized spacial score (nSPS) is 19.6. The largest absolute Gasteiger partial charge is 0.353 e. The molecule has 2 fully saturated rings. The second-order valence-corrected chi connectivity index (χ2v) is 11.1. The van der Waals surface area contributed by atoms with Crippen molar-refractivity contribution in [2.24, 2.45) is 0 Å². The topological polar surface area (TPSA) is 90.2 Å². The molecule has 0 spiro atoms. The smallest absolute Gasteiger partial charge is 0.214 e. The molecule has 2 saturated heterocycles. The van der Waals surface area contributed by atoms with E-state index in [1.165, 1.54) is 12.0 Å². The van der Waals surface area contributed by atoms with Gasteiger partial charge in [0.25, 0.3) is 0 Å². The van der Waals surface area contributed by atoms with Crippen LogP contribution in [-0.4, -0.2) is 79.7 Å². The van der Waals surface area contributed by atoms with Gasteiger partial charge in [-0.1, -0.05) is 41.3 Å². The van der Waals surface area contributed by atoms with E-state index in [0.717, 1.165) is 81.3 Å². The molecule has 2 aliphatic rings. The van der Waals surface area contributed by atoms with Gasteiger partial charge in [-0.15, -0.1) is 0 Å². The van der Waals surface area contributed by atoms with Crippen molar-refractivity contribution < 1.29 is 4.52 Å². The molecule has 3 aromatic heterocycles. The molecule has 1 N–H and O–H groups in total. The first-order valence-electron chi connectivity index (χ1n) is 13.5. The average Bonchev–Trinajstić information content (AvgIpc) is 3.69. The van der Waals surface area contributed by atoms with Gasteiger partial charge in [0.15, 0.2) is 0 Å². The fourth-order valence-corrected chi connectivity index (χ4v) is 6.41. The van der Waals surface area contributed by atoms with Gasteiger partial charge < -0.3 is 14.4 Å². The summed E-state index contributed by atoms with van der Waals surface area (Å²) < 4.78 is 4.98. The van der Waals surface area contributed by atoms with Crippen LogP contribution in [0.4, 0.5) is 5.82 Å². The Balaban J connectivity index is 1.07. The zero-order valence-corrected chi connectivity index (χ0v) is 23.4. The van der Waals surface area contributed by atoms with E-state index in [1.807, 2.05) is 24.4 Å². The molecule has 2 aliphatic heterocycles. The molecule has 0 saturated carbocycles. The minimum atomic E-state index is 0.471. The second kappa shape index (κ2) is 11.6. The van der Waals surface area contributed by atoms with Crippen LogP contribution in [0.25, 0.3) is 22.8 Å². The van der Waals surface area contributed by atoms with Gasteiger partial charge in [-0.25, -0.2) is 9.97 Å². The van der Waals surface area contributed by atoms with Crippen LogP contribution in [0.1, 0.15) is 31.7 Å². The number of hydrogen-bond acceptors (Lipinski definition) is 8. The number of piperidine rings is 1. The second-order valence-electron chi connectivity index (χ2n) is 10.3. The van der Waals surface area contributed by atoms with E-state index in [1.54, 1.807) is 12.4 Å². The molecule has 0 unspecified atom stereocenters. The number of rotatable bonds is 7. The van der Waals surface area contributed by atoms with Gasteiger partial charge in [-0.3, -0.25) is 9.80 Å². The Morgan fingerprint density at radius 1 is 1.05 bits per heavy atom. The summed E-state index contributed by atoms with van der Waals surface area (Å²) in [6.45, 7) is 8.10. The first-order chi connectivity index (χ1) is 19.1. The number of pyridine rings is 1. The van der Waals surface area contributed by atoms with Gasteiger partial charge in [0.2, 0.25) is 12.2 Å². The van der Waals surface area contributed by atoms with Crippen LogP contribution in [0.2, 0.25) is 10.0 Å². The molecule has 0 bridgehead atoms. The lowest BCUT2D eigenvalue weighted by atomic mass is 9.97. The predicted octanol–water partition coefficient (Wildman–Crippen LogP) is 5.39. The summed E-state index contributed by atoms with van der Waals surface area (Å²) in [5.41, 5.74) is 3.00. The number of piperazine rings is 1. The first-order valence-corrected chi connectivity index (χ1v) is 14.3. The van der Waals surface area contributed by atoms with Gasteiger partial charge in [0, 0.05) is 73.0 Å². The molecule has 0 aliphatic carbocycles. The Bertz CT molecular complexity index is 1370. The van der Waals surface area contributed by atoms with Crippen LogP contribution in [0.5, 0.6) is 0 Å². The quantitative estimate of drug-likeness (QED) is 0.318. The summed E-state index contributed by atoms with van der Waals surface area (Å²) in [7, 11) is 0. The van der Waals surface area contributed by atoms with Crippen molar-refractivity contribution in [2.45, 2.75) is 44.8 Å². The highest BCUT2D eigenvalue weighted by molar-refractivity contribution is 6.33. The third kappa shape index (κ3) is 5.68. The van der Waals surface area contributed by atoms with E-state index < -0.39 is 0 Å². The van der Waals surface area contributed by atoms with Crippen LogP contribution >= 0.6 is 23.2 Å². The number of likely N-dealkylation sites (tertiary alicyclic amines) is 1. The van der Waals surface area contributed by atoms with Crippen LogP contribution in [0.15, 0.2) is 53.8 Å². The standard InChI is InChI=1S/C28H32Cl2N8O/c1-2-22-17-37(28-25(30)13-20(15-33-28)26-31-7-8-32-26)11-12-38(22)23-5-9-36(10-6-23)16-19-3-4-21(29)14-24(19)27-34-18-39-35-27/h3-4,7-8,13-15,18,22-23H,2,5-6,9-12,16-17H2,1H3,(H,31,32)/t22-/m0/s1. The number of benzene rings is 1. The zero-order valence-electron chi connectivity index (χ0n) is 21.9. The van der Waals surface area contributed by atoms with Crippen molar-refractivity contribution in [3.05, 3.63) is 64.9 Å². The highest BCUT2D eigenvalue weighted by Gasteiger charge is 2.34. The minimum Gasteiger partial charge on any atom is -0.353 e. The van der Waals surface area contributed by atoms with E-state index in [2.05, 4.69) is 47.8 Å². The van der Waals surface area contributed by atoms with E-state index in [-0.39, 0.29) is 0 Å². The molecule has 5 heterocycles. The molecule has 4 aromatic rings. The van der Waals surface area contributed by atoms with Crippen LogP contribution < -0.4 is 4.90 Å². The van der Waals surface area contributed by atoms with Crippen LogP contribution in [0.3, 0.4) is 0 Å². The zero-order chi connectivity index (χ0) is 26.8. The maximum atomic E-state index is 6.71. The molecule has 6 rings (SSSR count). The molecule has 9 nitrogen and oxygen atoms in total. The maximum absolute atomic E-state index is 6.71. The number of anilines is 1. The SMILES string of the molecule is CC[C@H]1CN(c2ncc(-c3ncc[nH]3)cc2Cl)CCN1C1CCN(Cc2ccc(Cl)cc2-c2ncon2)CC1. The Kier molecular flexibility index (Phi) is 7.83. The van der Waals surface area contributed by atoms with Crippen LogP contribution in [-0.2, 0) is 6.54 Å². The van der Waals surface area contributed by atoms with Crippen molar-refractivity contribution in [3.8, 4) is 22.8 Å². The fourth-order valence-electron chi connectivity index (χ4n) is 5.96. The lowest BCUT2D eigenvalue weighted by molar-refractivity contribution is 0.0611.